The fraction of sp³-hybridized carbons (Fsp3) is 0.625. The first-order valence-electron chi connectivity index (χ1n) is 3.79. The van der Waals surface area contributed by atoms with Gasteiger partial charge in [-0.05, 0) is 20.9 Å². The van der Waals surface area contributed by atoms with Crippen molar-refractivity contribution in [3.8, 4) is 5.19 Å². The number of methoxy groups -OCH3 is 1. The summed E-state index contributed by atoms with van der Waals surface area (Å²) in [5.41, 5.74) is -0.0194. The van der Waals surface area contributed by atoms with E-state index in [0.717, 1.165) is 0 Å². The number of rotatable bonds is 3. The van der Waals surface area contributed by atoms with Crippen LogP contribution in [0.2, 0.25) is 0 Å². The molecule has 1 N–H and O–H groups in total. The van der Waals surface area contributed by atoms with Crippen molar-refractivity contribution in [3.63, 3.8) is 0 Å². The van der Waals surface area contributed by atoms with E-state index in [-0.39, 0.29) is 5.54 Å². The first-order valence-corrected chi connectivity index (χ1v) is 4.61. The molecule has 0 spiro atoms. The van der Waals surface area contributed by atoms with Crippen LogP contribution >= 0.6 is 11.3 Å². The molecule has 1 aromatic rings. The predicted molar refractivity (Wildman–Crippen MR) is 50.8 cm³/mol. The molecule has 12 heavy (non-hydrogen) atoms. The molecule has 1 rings (SSSR count). The van der Waals surface area contributed by atoms with Crippen molar-refractivity contribution in [2.75, 3.05) is 14.2 Å². The van der Waals surface area contributed by atoms with Gasteiger partial charge in [-0.25, -0.2) is 4.98 Å². The van der Waals surface area contributed by atoms with Gasteiger partial charge in [0.15, 0.2) is 0 Å². The molecule has 0 amide bonds. The molecular formula is C8H14N2OS. The second kappa shape index (κ2) is 3.41. The van der Waals surface area contributed by atoms with Gasteiger partial charge in [0.1, 0.15) is 0 Å². The van der Waals surface area contributed by atoms with Gasteiger partial charge < -0.3 is 10.1 Å². The number of aromatic nitrogens is 1. The Labute approximate surface area is 76.8 Å². The SMILES string of the molecule is CNC(C)(C)c1cnc(OC)s1. The highest BCUT2D eigenvalue weighted by molar-refractivity contribution is 7.13. The van der Waals surface area contributed by atoms with E-state index in [2.05, 4.69) is 24.1 Å². The summed E-state index contributed by atoms with van der Waals surface area (Å²) in [6, 6.07) is 0. The Kier molecular flexibility index (Phi) is 2.69. The molecule has 0 fully saturated rings. The zero-order valence-electron chi connectivity index (χ0n) is 7.84. The summed E-state index contributed by atoms with van der Waals surface area (Å²) in [6.45, 7) is 4.22. The van der Waals surface area contributed by atoms with Crippen LogP contribution < -0.4 is 10.1 Å². The van der Waals surface area contributed by atoms with Crippen LogP contribution in [0.5, 0.6) is 5.19 Å². The summed E-state index contributed by atoms with van der Waals surface area (Å²) >= 11 is 1.57. The van der Waals surface area contributed by atoms with Crippen LogP contribution in [0.25, 0.3) is 0 Å². The van der Waals surface area contributed by atoms with E-state index in [1.807, 2.05) is 13.2 Å². The van der Waals surface area contributed by atoms with Gasteiger partial charge >= 0.3 is 0 Å². The Balaban J connectivity index is 2.88. The molecule has 0 bridgehead atoms. The normalized spacial score (nSPS) is 11.7. The topological polar surface area (TPSA) is 34.2 Å². The fourth-order valence-electron chi connectivity index (χ4n) is 0.765. The van der Waals surface area contributed by atoms with E-state index in [9.17, 15) is 0 Å². The standard InChI is InChI=1S/C8H14N2OS/c1-8(2,9-3)6-5-10-7(11-4)12-6/h5,9H,1-4H3. The van der Waals surface area contributed by atoms with E-state index < -0.39 is 0 Å². The van der Waals surface area contributed by atoms with E-state index >= 15 is 0 Å². The average molecular weight is 186 g/mol. The molecule has 0 radical (unpaired) electrons. The van der Waals surface area contributed by atoms with Gasteiger partial charge in [0.2, 0.25) is 0 Å². The molecule has 0 aliphatic rings. The van der Waals surface area contributed by atoms with Crippen molar-refractivity contribution in [1.82, 2.24) is 10.3 Å². The molecule has 0 aromatic carbocycles. The molecule has 0 aliphatic carbocycles. The van der Waals surface area contributed by atoms with Crippen molar-refractivity contribution in [2.45, 2.75) is 19.4 Å². The quantitative estimate of drug-likeness (QED) is 0.778. The zero-order chi connectivity index (χ0) is 9.19. The summed E-state index contributed by atoms with van der Waals surface area (Å²) in [5, 5.41) is 3.93. The second-order valence-corrected chi connectivity index (χ2v) is 4.06. The third kappa shape index (κ3) is 1.76. The molecule has 68 valence electrons. The maximum absolute atomic E-state index is 5.01. The number of thiazole rings is 1. The number of nitrogens with zero attached hydrogens (tertiary/aromatic N) is 1. The molecule has 3 nitrogen and oxygen atoms in total. The van der Waals surface area contributed by atoms with Crippen molar-refractivity contribution >= 4 is 11.3 Å². The predicted octanol–water partition coefficient (Wildman–Crippen LogP) is 1.61. The van der Waals surface area contributed by atoms with Crippen molar-refractivity contribution < 1.29 is 4.74 Å². The summed E-state index contributed by atoms with van der Waals surface area (Å²) in [7, 11) is 3.57. The highest BCUT2D eigenvalue weighted by Gasteiger charge is 2.20. The zero-order valence-corrected chi connectivity index (χ0v) is 8.66. The Bertz CT molecular complexity index is 257. The van der Waals surface area contributed by atoms with Gasteiger partial charge in [-0.3, -0.25) is 0 Å². The lowest BCUT2D eigenvalue weighted by molar-refractivity contribution is 0.412. The highest BCUT2D eigenvalue weighted by atomic mass is 32.1. The number of nitrogens with one attached hydrogen (secondary N) is 1. The lowest BCUT2D eigenvalue weighted by Crippen LogP contribution is -2.31. The van der Waals surface area contributed by atoms with Crippen LogP contribution in [-0.4, -0.2) is 19.1 Å². The van der Waals surface area contributed by atoms with Crippen molar-refractivity contribution in [1.29, 1.82) is 0 Å². The molecule has 0 saturated heterocycles. The Hall–Kier alpha value is -0.610. The Morgan fingerprint density at radius 1 is 1.58 bits per heavy atom. The monoisotopic (exact) mass is 186 g/mol. The van der Waals surface area contributed by atoms with Gasteiger partial charge in [-0.15, -0.1) is 0 Å². The summed E-state index contributed by atoms with van der Waals surface area (Å²) in [4.78, 5) is 5.29. The van der Waals surface area contributed by atoms with E-state index in [4.69, 9.17) is 4.74 Å². The molecule has 0 atom stereocenters. The first kappa shape index (κ1) is 9.48. The van der Waals surface area contributed by atoms with Crippen LogP contribution in [0.3, 0.4) is 0 Å². The van der Waals surface area contributed by atoms with E-state index in [0.29, 0.717) is 5.19 Å². The van der Waals surface area contributed by atoms with Crippen molar-refractivity contribution in [2.24, 2.45) is 0 Å². The summed E-state index contributed by atoms with van der Waals surface area (Å²) in [6.07, 6.45) is 1.85. The van der Waals surface area contributed by atoms with Gasteiger partial charge in [0.05, 0.1) is 7.11 Å². The molecule has 1 aromatic heterocycles. The van der Waals surface area contributed by atoms with Crippen LogP contribution in [-0.2, 0) is 5.54 Å². The summed E-state index contributed by atoms with van der Waals surface area (Å²) < 4.78 is 5.01. The fourth-order valence-corrected chi connectivity index (χ4v) is 1.60. The van der Waals surface area contributed by atoms with Gasteiger partial charge in [-0.2, -0.15) is 0 Å². The molecule has 0 aliphatic heterocycles. The lowest BCUT2D eigenvalue weighted by atomic mass is 10.1. The Morgan fingerprint density at radius 2 is 2.25 bits per heavy atom. The third-order valence-corrected chi connectivity index (χ3v) is 3.18. The largest absolute Gasteiger partial charge is 0.473 e. The van der Waals surface area contributed by atoms with Crippen molar-refractivity contribution in [3.05, 3.63) is 11.1 Å². The maximum Gasteiger partial charge on any atom is 0.273 e. The third-order valence-electron chi connectivity index (χ3n) is 1.90. The van der Waals surface area contributed by atoms with E-state index in [1.165, 1.54) is 4.88 Å². The minimum absolute atomic E-state index is 0.0194. The minimum atomic E-state index is -0.0194. The Morgan fingerprint density at radius 3 is 2.67 bits per heavy atom. The van der Waals surface area contributed by atoms with Crippen LogP contribution in [0.15, 0.2) is 6.20 Å². The molecular weight excluding hydrogens is 172 g/mol. The minimum Gasteiger partial charge on any atom is -0.473 e. The number of ether oxygens (including phenoxy) is 1. The molecule has 1 heterocycles. The van der Waals surface area contributed by atoms with E-state index in [1.54, 1.807) is 18.4 Å². The van der Waals surface area contributed by atoms with Gasteiger partial charge in [0, 0.05) is 16.6 Å². The van der Waals surface area contributed by atoms with Crippen LogP contribution in [0.1, 0.15) is 18.7 Å². The maximum atomic E-state index is 5.01. The average Bonchev–Trinajstić information content (AvgIpc) is 2.52. The molecule has 4 heteroatoms. The lowest BCUT2D eigenvalue weighted by Gasteiger charge is -2.21. The van der Waals surface area contributed by atoms with Gasteiger partial charge in [0.25, 0.3) is 5.19 Å². The number of hydrogen-bond donors (Lipinski definition) is 1. The number of hydrogen-bond acceptors (Lipinski definition) is 4. The highest BCUT2D eigenvalue weighted by Crippen LogP contribution is 2.29. The molecule has 0 saturated carbocycles. The smallest absolute Gasteiger partial charge is 0.273 e. The first-order chi connectivity index (χ1) is 5.60. The molecule has 0 unspecified atom stereocenters. The second-order valence-electron chi connectivity index (χ2n) is 3.07. The van der Waals surface area contributed by atoms with Crippen LogP contribution in [0.4, 0.5) is 0 Å². The van der Waals surface area contributed by atoms with Gasteiger partial charge in [-0.1, -0.05) is 11.3 Å². The van der Waals surface area contributed by atoms with Crippen LogP contribution in [0, 0.1) is 0 Å². The summed E-state index contributed by atoms with van der Waals surface area (Å²) in [5.74, 6) is 0.